The van der Waals surface area contributed by atoms with E-state index in [9.17, 15) is 0 Å². The van der Waals surface area contributed by atoms with E-state index >= 15 is 0 Å². The van der Waals surface area contributed by atoms with Gasteiger partial charge in [-0.2, -0.15) is 0 Å². The molecule has 0 aromatic carbocycles. The molecule has 0 saturated carbocycles. The minimum absolute atomic E-state index is 0.634. The Labute approximate surface area is 62.1 Å². The Morgan fingerprint density at radius 2 is 1.44 bits per heavy atom. The van der Waals surface area contributed by atoms with Crippen molar-refractivity contribution in [1.29, 1.82) is 5.26 Å². The van der Waals surface area contributed by atoms with Crippen LogP contribution < -0.4 is 0 Å². The molecule has 0 saturated heterocycles. The van der Waals surface area contributed by atoms with Crippen LogP contribution in [-0.4, -0.2) is 14.1 Å². The van der Waals surface area contributed by atoms with E-state index in [1.807, 2.05) is 0 Å². The fourth-order valence-corrected chi connectivity index (χ4v) is 3.20. The van der Waals surface area contributed by atoms with Gasteiger partial charge in [-0.1, -0.05) is 42.2 Å². The third-order valence-electron chi connectivity index (χ3n) is 1.59. The first-order valence-corrected chi connectivity index (χ1v) is 5.40. The van der Waals surface area contributed by atoms with Crippen molar-refractivity contribution in [2.24, 2.45) is 0 Å². The lowest BCUT2D eigenvalue weighted by Gasteiger charge is -2.08. The molecule has 0 aliphatic carbocycles. The molecular weight excluding hydrogens is 125 g/mol. The van der Waals surface area contributed by atoms with Crippen molar-refractivity contribution in [3.05, 3.63) is 0 Å². The first-order valence-electron chi connectivity index (χ1n) is 3.49. The van der Waals surface area contributed by atoms with Gasteiger partial charge >= 0.3 is 14.1 Å². The first-order chi connectivity index (χ1) is 4.09. The molecule has 0 unspecified atom stereocenters. The van der Waals surface area contributed by atoms with Gasteiger partial charge in [0, 0.05) is 0 Å². The Kier molecular flexibility index (Phi) is 3.95. The molecule has 2 heteroatoms. The molecule has 0 atom stereocenters. The quantitative estimate of drug-likeness (QED) is 0.539. The minimum atomic E-state index is -1.05. The summed E-state index contributed by atoms with van der Waals surface area (Å²) in [4.78, 5) is 2.44. The number of hydrogen-bond donors (Lipinski definition) is 0. The summed E-state index contributed by atoms with van der Waals surface area (Å²) in [5, 5.41) is 8.68. The highest BCUT2D eigenvalue weighted by molar-refractivity contribution is 6.69. The summed E-state index contributed by atoms with van der Waals surface area (Å²) in [5.74, 6) is 0. The second kappa shape index (κ2) is 3.94. The molecule has 0 rings (SSSR count). The fraction of sp³-hybridized carbons (Fsp3) is 0.857. The van der Waals surface area contributed by atoms with Crippen molar-refractivity contribution < 1.29 is 0 Å². The van der Waals surface area contributed by atoms with Gasteiger partial charge in [0.05, 0.1) is 0 Å². The average Bonchev–Trinajstić information content (AvgIpc) is 1.64. The van der Waals surface area contributed by atoms with Crippen LogP contribution in [-0.2, 0) is 0 Å². The number of nitriles is 1. The molecule has 0 heterocycles. The maximum Gasteiger partial charge on any atom is 0.427 e. The Balaban J connectivity index is 3.87. The molecule has 0 radical (unpaired) electrons. The van der Waals surface area contributed by atoms with Gasteiger partial charge in [0.25, 0.3) is 0 Å². The van der Waals surface area contributed by atoms with Gasteiger partial charge in [-0.25, -0.2) is 5.26 Å². The van der Waals surface area contributed by atoms with Gasteiger partial charge in [-0.3, -0.25) is 0 Å². The van der Waals surface area contributed by atoms with Crippen LogP contribution in [0.5, 0.6) is 0 Å². The standard InChI is InChI=1S/2C3H7.CN.Al/c2*1-3-2;1-2;/h2*3H,1-2H3;;. The molecule has 0 aromatic rings. The van der Waals surface area contributed by atoms with Crippen molar-refractivity contribution in [3.8, 4) is 4.93 Å². The second-order valence-electron chi connectivity index (χ2n) is 3.14. The topological polar surface area (TPSA) is 23.8 Å². The monoisotopic (exact) mass is 139 g/mol. The van der Waals surface area contributed by atoms with E-state index in [-0.39, 0.29) is 0 Å². The van der Waals surface area contributed by atoms with Gasteiger partial charge < -0.3 is 0 Å². The SMILES string of the molecule is C[CH](C)[Al]([C]#N)[CH](C)C. The molecule has 0 aliphatic heterocycles. The summed E-state index contributed by atoms with van der Waals surface area (Å²) in [5.41, 5.74) is 0. The molecule has 0 bridgehead atoms. The lowest BCUT2D eigenvalue weighted by atomic mass is 10.5. The van der Waals surface area contributed by atoms with Crippen molar-refractivity contribution in [3.63, 3.8) is 0 Å². The third-order valence-corrected chi connectivity index (χ3v) is 4.76. The van der Waals surface area contributed by atoms with E-state index in [4.69, 9.17) is 5.26 Å². The van der Waals surface area contributed by atoms with Crippen molar-refractivity contribution in [1.82, 2.24) is 0 Å². The van der Waals surface area contributed by atoms with Crippen molar-refractivity contribution in [2.45, 2.75) is 37.3 Å². The molecular formula is C7H14AlN. The van der Waals surface area contributed by atoms with E-state index in [1.165, 1.54) is 0 Å². The zero-order valence-corrected chi connectivity index (χ0v) is 7.83. The zero-order chi connectivity index (χ0) is 7.44. The maximum atomic E-state index is 8.68. The highest BCUT2D eigenvalue weighted by Crippen LogP contribution is 2.18. The van der Waals surface area contributed by atoms with E-state index in [0.717, 1.165) is 0 Å². The fourth-order valence-electron chi connectivity index (χ4n) is 1.07. The van der Waals surface area contributed by atoms with E-state index in [2.05, 4.69) is 32.6 Å². The van der Waals surface area contributed by atoms with Crippen LogP contribution in [0.2, 0.25) is 9.56 Å². The minimum Gasteiger partial charge on any atom is -0.225 e. The van der Waals surface area contributed by atoms with Gasteiger partial charge in [0.2, 0.25) is 0 Å². The Hall–Kier alpha value is 0.0225. The van der Waals surface area contributed by atoms with Gasteiger partial charge in [0.1, 0.15) is 0 Å². The summed E-state index contributed by atoms with van der Waals surface area (Å²) in [6.07, 6.45) is 0. The third kappa shape index (κ3) is 2.90. The van der Waals surface area contributed by atoms with Crippen LogP contribution in [0, 0.1) is 10.2 Å². The molecule has 0 fully saturated rings. The van der Waals surface area contributed by atoms with E-state index < -0.39 is 14.1 Å². The maximum absolute atomic E-state index is 8.68. The van der Waals surface area contributed by atoms with Crippen molar-refractivity contribution in [2.75, 3.05) is 0 Å². The average molecular weight is 139 g/mol. The van der Waals surface area contributed by atoms with E-state index in [0.29, 0.717) is 9.56 Å². The van der Waals surface area contributed by atoms with Crippen LogP contribution in [0.1, 0.15) is 27.7 Å². The van der Waals surface area contributed by atoms with Crippen LogP contribution in [0.15, 0.2) is 0 Å². The molecule has 0 spiro atoms. The summed E-state index contributed by atoms with van der Waals surface area (Å²) in [6, 6.07) is 0. The number of nitrogens with zero attached hydrogens (tertiary/aromatic N) is 1. The normalized spacial score (nSPS) is 9.89. The Morgan fingerprint density at radius 1 is 1.11 bits per heavy atom. The molecule has 0 N–H and O–H groups in total. The lowest BCUT2D eigenvalue weighted by molar-refractivity contribution is 0.952. The summed E-state index contributed by atoms with van der Waals surface area (Å²) < 4.78 is 1.27. The predicted molar refractivity (Wildman–Crippen MR) is 41.6 cm³/mol. The van der Waals surface area contributed by atoms with Crippen LogP contribution in [0.25, 0.3) is 0 Å². The van der Waals surface area contributed by atoms with Crippen molar-refractivity contribution >= 4 is 14.1 Å². The second-order valence-corrected chi connectivity index (χ2v) is 7.12. The summed E-state index contributed by atoms with van der Waals surface area (Å²) in [7, 11) is 0. The first kappa shape index (κ1) is 9.02. The van der Waals surface area contributed by atoms with E-state index in [1.54, 1.807) is 0 Å². The highest BCUT2D eigenvalue weighted by Gasteiger charge is 2.26. The van der Waals surface area contributed by atoms with Gasteiger partial charge in [-0.05, 0) is 0 Å². The molecule has 50 valence electrons. The van der Waals surface area contributed by atoms with Crippen LogP contribution in [0.3, 0.4) is 0 Å². The highest BCUT2D eigenvalue weighted by atomic mass is 27.2. The smallest absolute Gasteiger partial charge is 0.225 e. The lowest BCUT2D eigenvalue weighted by Crippen LogP contribution is -2.18. The van der Waals surface area contributed by atoms with Crippen LogP contribution >= 0.6 is 0 Å². The van der Waals surface area contributed by atoms with Crippen LogP contribution in [0.4, 0.5) is 0 Å². The Morgan fingerprint density at radius 3 is 1.44 bits per heavy atom. The predicted octanol–water partition coefficient (Wildman–Crippen LogP) is 2.36. The molecule has 1 nitrogen and oxygen atoms in total. The van der Waals surface area contributed by atoms with Gasteiger partial charge in [0.15, 0.2) is 0 Å². The molecule has 9 heavy (non-hydrogen) atoms. The number of rotatable bonds is 2. The molecule has 0 amide bonds. The zero-order valence-electron chi connectivity index (χ0n) is 6.68. The molecule has 0 aromatic heterocycles. The largest absolute Gasteiger partial charge is 0.427 e. The molecule has 0 aliphatic rings. The summed E-state index contributed by atoms with van der Waals surface area (Å²) in [6.45, 7) is 8.61. The van der Waals surface area contributed by atoms with Gasteiger partial charge in [-0.15, -0.1) is 0 Å². The number of hydrogen-bond acceptors (Lipinski definition) is 1. The summed E-state index contributed by atoms with van der Waals surface area (Å²) >= 11 is -1.05. The Bertz CT molecular complexity index is 105.